The van der Waals surface area contributed by atoms with Gasteiger partial charge < -0.3 is 4.74 Å². The van der Waals surface area contributed by atoms with Crippen LogP contribution in [0.15, 0.2) is 30.8 Å². The minimum Gasteiger partial charge on any atom is -0.494 e. The molecule has 1 heteroatoms. The van der Waals surface area contributed by atoms with Crippen molar-refractivity contribution < 1.29 is 4.74 Å². The molecule has 0 aliphatic heterocycles. The van der Waals surface area contributed by atoms with Gasteiger partial charge in [0.25, 0.3) is 0 Å². The quantitative estimate of drug-likeness (QED) is 0.638. The van der Waals surface area contributed by atoms with E-state index in [1.807, 2.05) is 31.2 Å². The monoisotopic (exact) mass is 147 g/mol. The molecule has 0 unspecified atom stereocenters. The summed E-state index contributed by atoms with van der Waals surface area (Å²) < 4.78 is 5.28. The van der Waals surface area contributed by atoms with Crippen LogP contribution in [0.5, 0.6) is 5.75 Å². The maximum absolute atomic E-state index is 5.28. The Hall–Kier alpha value is -1.24. The fraction of sp³-hybridized carbons (Fsp3) is 0.200. The maximum atomic E-state index is 5.28. The number of hydrogen-bond acceptors (Lipinski definition) is 1. The molecule has 0 aliphatic carbocycles. The average molecular weight is 147 g/mol. The molecule has 0 saturated heterocycles. The predicted molar refractivity (Wildman–Crippen MR) is 45.6 cm³/mol. The number of benzene rings is 1. The summed E-state index contributed by atoms with van der Waals surface area (Å²) >= 11 is 0. The molecule has 0 saturated carbocycles. The van der Waals surface area contributed by atoms with Gasteiger partial charge in [0.05, 0.1) is 6.61 Å². The van der Waals surface area contributed by atoms with E-state index in [0.29, 0.717) is 6.61 Å². The molecule has 1 nitrogen and oxygen atoms in total. The first kappa shape index (κ1) is 7.86. The van der Waals surface area contributed by atoms with Crippen LogP contribution in [0.25, 0.3) is 0 Å². The predicted octanol–water partition coefficient (Wildman–Crippen LogP) is 2.42. The first-order valence-electron chi connectivity index (χ1n) is 3.62. The first-order chi connectivity index (χ1) is 5.36. The van der Waals surface area contributed by atoms with Crippen LogP contribution in [0, 0.1) is 6.08 Å². The molecule has 1 rings (SSSR count). The standard InChI is InChI=1S/C10H11O/c1-3-9-6-5-7-10(8-9)11-4-2/h5-8H,1,4H2,2H3. The van der Waals surface area contributed by atoms with Gasteiger partial charge in [0.1, 0.15) is 5.75 Å². The highest BCUT2D eigenvalue weighted by molar-refractivity contribution is 5.31. The van der Waals surface area contributed by atoms with Crippen molar-refractivity contribution in [2.45, 2.75) is 6.92 Å². The van der Waals surface area contributed by atoms with Crippen LogP contribution in [0.1, 0.15) is 12.5 Å². The molecule has 0 heterocycles. The van der Waals surface area contributed by atoms with Crippen molar-refractivity contribution >= 4 is 0 Å². The van der Waals surface area contributed by atoms with Crippen LogP contribution in [0.3, 0.4) is 0 Å². The fourth-order valence-electron chi connectivity index (χ4n) is 0.863. The summed E-state index contributed by atoms with van der Waals surface area (Å²) in [7, 11) is 0. The molecule has 0 fully saturated rings. The van der Waals surface area contributed by atoms with E-state index in [1.54, 1.807) is 0 Å². The number of hydrogen-bond donors (Lipinski definition) is 0. The molecule has 0 atom stereocenters. The molecule has 0 aliphatic rings. The van der Waals surface area contributed by atoms with E-state index in [1.165, 1.54) is 0 Å². The van der Waals surface area contributed by atoms with Crippen LogP contribution in [0.2, 0.25) is 0 Å². The molecule has 1 radical (unpaired) electrons. The summed E-state index contributed by atoms with van der Waals surface area (Å²) in [5.74, 6) is 0.876. The van der Waals surface area contributed by atoms with Crippen LogP contribution in [-0.4, -0.2) is 6.61 Å². The largest absolute Gasteiger partial charge is 0.494 e. The zero-order chi connectivity index (χ0) is 8.10. The van der Waals surface area contributed by atoms with Gasteiger partial charge in [-0.2, -0.15) is 0 Å². The molecule has 1 aromatic rings. The van der Waals surface area contributed by atoms with Gasteiger partial charge in [0.2, 0.25) is 0 Å². The summed E-state index contributed by atoms with van der Waals surface area (Å²) in [6, 6.07) is 7.70. The van der Waals surface area contributed by atoms with Crippen molar-refractivity contribution in [2.75, 3.05) is 6.61 Å². The SMILES string of the molecule is C=[C]c1cccc(OCC)c1. The summed E-state index contributed by atoms with van der Waals surface area (Å²) in [5, 5.41) is 0. The van der Waals surface area contributed by atoms with Gasteiger partial charge in [-0.25, -0.2) is 0 Å². The van der Waals surface area contributed by atoms with Gasteiger partial charge in [-0.15, -0.1) is 0 Å². The lowest BCUT2D eigenvalue weighted by atomic mass is 10.2. The highest BCUT2D eigenvalue weighted by Gasteiger charge is 1.90. The minimum absolute atomic E-state index is 0.695. The zero-order valence-corrected chi connectivity index (χ0v) is 6.63. The van der Waals surface area contributed by atoms with Crippen molar-refractivity contribution in [3.63, 3.8) is 0 Å². The highest BCUT2D eigenvalue weighted by Crippen LogP contribution is 2.12. The maximum Gasteiger partial charge on any atom is 0.119 e. The van der Waals surface area contributed by atoms with Crippen molar-refractivity contribution in [3.8, 4) is 5.75 Å². The van der Waals surface area contributed by atoms with Crippen LogP contribution in [-0.2, 0) is 0 Å². The Bertz CT molecular complexity index is 240. The van der Waals surface area contributed by atoms with Gasteiger partial charge in [-0.3, -0.25) is 0 Å². The molecular formula is C10H11O. The van der Waals surface area contributed by atoms with Crippen molar-refractivity contribution in [2.24, 2.45) is 0 Å². The Labute approximate surface area is 67.3 Å². The second kappa shape index (κ2) is 3.81. The van der Waals surface area contributed by atoms with Crippen LogP contribution in [0.4, 0.5) is 0 Å². The summed E-state index contributed by atoms with van der Waals surface area (Å²) in [6.07, 6.45) is 2.80. The lowest BCUT2D eigenvalue weighted by molar-refractivity contribution is 0.340. The molecule has 0 N–H and O–H groups in total. The van der Waals surface area contributed by atoms with Crippen molar-refractivity contribution in [1.29, 1.82) is 0 Å². The molecule has 1 aromatic carbocycles. The molecule has 0 bridgehead atoms. The second-order valence-electron chi connectivity index (χ2n) is 2.14. The third-order valence-corrected chi connectivity index (χ3v) is 1.35. The Morgan fingerprint density at radius 3 is 3.00 bits per heavy atom. The van der Waals surface area contributed by atoms with Gasteiger partial charge in [-0.1, -0.05) is 18.7 Å². The van der Waals surface area contributed by atoms with Gasteiger partial charge in [0, 0.05) is 0 Å². The third kappa shape index (κ3) is 2.11. The fourth-order valence-corrected chi connectivity index (χ4v) is 0.863. The molecule has 0 aromatic heterocycles. The smallest absolute Gasteiger partial charge is 0.119 e. The number of ether oxygens (including phenoxy) is 1. The first-order valence-corrected chi connectivity index (χ1v) is 3.62. The Balaban J connectivity index is 2.82. The van der Waals surface area contributed by atoms with E-state index in [9.17, 15) is 0 Å². The molecule has 0 spiro atoms. The Kier molecular flexibility index (Phi) is 2.73. The van der Waals surface area contributed by atoms with E-state index in [-0.39, 0.29) is 0 Å². The number of rotatable bonds is 3. The molecule has 0 amide bonds. The molecular weight excluding hydrogens is 136 g/mol. The Morgan fingerprint density at radius 1 is 1.55 bits per heavy atom. The second-order valence-corrected chi connectivity index (χ2v) is 2.14. The topological polar surface area (TPSA) is 9.23 Å². The molecule has 11 heavy (non-hydrogen) atoms. The highest BCUT2D eigenvalue weighted by atomic mass is 16.5. The van der Waals surface area contributed by atoms with Crippen molar-refractivity contribution in [1.82, 2.24) is 0 Å². The minimum atomic E-state index is 0.695. The molecule has 57 valence electrons. The lowest BCUT2D eigenvalue weighted by Gasteiger charge is -2.02. The van der Waals surface area contributed by atoms with E-state index in [0.717, 1.165) is 11.3 Å². The lowest BCUT2D eigenvalue weighted by Crippen LogP contribution is -1.90. The van der Waals surface area contributed by atoms with E-state index < -0.39 is 0 Å². The normalized spacial score (nSPS) is 9.18. The third-order valence-electron chi connectivity index (χ3n) is 1.35. The van der Waals surface area contributed by atoms with Gasteiger partial charge in [0.15, 0.2) is 0 Å². The van der Waals surface area contributed by atoms with Gasteiger partial charge in [-0.05, 0) is 30.7 Å². The summed E-state index contributed by atoms with van der Waals surface area (Å²) in [6.45, 7) is 6.21. The Morgan fingerprint density at radius 2 is 2.36 bits per heavy atom. The average Bonchev–Trinajstić information content (AvgIpc) is 2.06. The van der Waals surface area contributed by atoms with E-state index >= 15 is 0 Å². The van der Waals surface area contributed by atoms with Gasteiger partial charge >= 0.3 is 0 Å². The summed E-state index contributed by atoms with van der Waals surface area (Å²) in [4.78, 5) is 0. The van der Waals surface area contributed by atoms with E-state index in [4.69, 9.17) is 4.74 Å². The van der Waals surface area contributed by atoms with Crippen LogP contribution >= 0.6 is 0 Å². The zero-order valence-electron chi connectivity index (χ0n) is 6.63. The summed E-state index contributed by atoms with van der Waals surface area (Å²) in [5.41, 5.74) is 0.968. The van der Waals surface area contributed by atoms with Crippen LogP contribution < -0.4 is 4.74 Å². The van der Waals surface area contributed by atoms with Crippen molar-refractivity contribution in [3.05, 3.63) is 42.5 Å². The van der Waals surface area contributed by atoms with E-state index in [2.05, 4.69) is 12.7 Å².